The van der Waals surface area contributed by atoms with Crippen LogP contribution in [0.5, 0.6) is 11.5 Å². The van der Waals surface area contributed by atoms with Crippen LogP contribution in [0, 0.1) is 10.1 Å². The van der Waals surface area contributed by atoms with Gasteiger partial charge in [-0.25, -0.2) is 4.79 Å². The average Bonchev–Trinajstić information content (AvgIpc) is 2.82. The van der Waals surface area contributed by atoms with Crippen LogP contribution < -0.4 is 14.8 Å². The molecule has 1 aliphatic rings. The van der Waals surface area contributed by atoms with Crippen molar-refractivity contribution < 1.29 is 28.7 Å². The highest BCUT2D eigenvalue weighted by atomic mass is 16.6. The standard InChI is InChI=1S/C22H25N3O7/c1-30-19-11-17(12-20(13-19)31-2)23-16-4-6-24(7-5-16)21(26)14-8-15(22(27)32-3)10-18(9-14)25(28)29/h8-13,16,23H,4-7H2,1-3H3. The molecule has 1 heterocycles. The maximum absolute atomic E-state index is 13.0. The molecule has 0 spiro atoms. The summed E-state index contributed by atoms with van der Waals surface area (Å²) in [5, 5.41) is 14.7. The Morgan fingerprint density at radius 3 is 2.09 bits per heavy atom. The van der Waals surface area contributed by atoms with Crippen molar-refractivity contribution in [3.05, 3.63) is 57.6 Å². The van der Waals surface area contributed by atoms with Gasteiger partial charge >= 0.3 is 5.97 Å². The van der Waals surface area contributed by atoms with Crippen LogP contribution in [0.3, 0.4) is 0 Å². The summed E-state index contributed by atoms with van der Waals surface area (Å²) in [6.07, 6.45) is 1.37. The third-order valence-electron chi connectivity index (χ3n) is 5.30. The van der Waals surface area contributed by atoms with Gasteiger partial charge in [0.2, 0.25) is 0 Å². The molecular formula is C22H25N3O7. The topological polar surface area (TPSA) is 120 Å². The Morgan fingerprint density at radius 1 is 0.969 bits per heavy atom. The molecule has 0 unspecified atom stereocenters. The first kappa shape index (κ1) is 22.9. The fraction of sp³-hybridized carbons (Fsp3) is 0.364. The van der Waals surface area contributed by atoms with E-state index in [4.69, 9.17) is 9.47 Å². The minimum absolute atomic E-state index is 0.0337. The fourth-order valence-electron chi connectivity index (χ4n) is 3.61. The van der Waals surface area contributed by atoms with Gasteiger partial charge in [0.1, 0.15) is 11.5 Å². The van der Waals surface area contributed by atoms with Gasteiger partial charge in [0.15, 0.2) is 0 Å². The Hall–Kier alpha value is -3.82. The lowest BCUT2D eigenvalue weighted by molar-refractivity contribution is -0.384. The number of rotatable bonds is 7. The summed E-state index contributed by atoms with van der Waals surface area (Å²) in [7, 11) is 4.35. The van der Waals surface area contributed by atoms with Crippen LogP contribution >= 0.6 is 0 Å². The van der Waals surface area contributed by atoms with E-state index in [-0.39, 0.29) is 28.8 Å². The molecular weight excluding hydrogens is 418 g/mol. The Kier molecular flexibility index (Phi) is 7.14. The van der Waals surface area contributed by atoms with E-state index in [1.54, 1.807) is 25.2 Å². The molecule has 0 aliphatic carbocycles. The maximum Gasteiger partial charge on any atom is 0.338 e. The number of piperidine rings is 1. The van der Waals surface area contributed by atoms with Gasteiger partial charge in [-0.05, 0) is 18.9 Å². The predicted octanol–water partition coefficient (Wildman–Crippen LogP) is 3.12. The summed E-state index contributed by atoms with van der Waals surface area (Å²) in [5.41, 5.74) is 0.573. The number of likely N-dealkylation sites (tertiary alicyclic amines) is 1. The van der Waals surface area contributed by atoms with Crippen molar-refractivity contribution >= 4 is 23.3 Å². The van der Waals surface area contributed by atoms with Crippen LogP contribution in [0.15, 0.2) is 36.4 Å². The number of non-ortho nitro benzene ring substituents is 1. The molecule has 1 aliphatic heterocycles. The zero-order valence-corrected chi connectivity index (χ0v) is 18.1. The number of nitro benzene ring substituents is 1. The van der Waals surface area contributed by atoms with Gasteiger partial charge in [-0.3, -0.25) is 14.9 Å². The van der Waals surface area contributed by atoms with E-state index in [1.807, 2.05) is 12.1 Å². The fourth-order valence-corrected chi connectivity index (χ4v) is 3.61. The molecule has 0 saturated carbocycles. The van der Waals surface area contributed by atoms with E-state index in [2.05, 4.69) is 10.1 Å². The molecule has 1 fully saturated rings. The molecule has 2 aromatic carbocycles. The van der Waals surface area contributed by atoms with Crippen LogP contribution in [0.2, 0.25) is 0 Å². The third-order valence-corrected chi connectivity index (χ3v) is 5.30. The second-order valence-corrected chi connectivity index (χ2v) is 7.33. The highest BCUT2D eigenvalue weighted by molar-refractivity contribution is 5.99. The molecule has 0 aromatic heterocycles. The number of hydrogen-bond acceptors (Lipinski definition) is 8. The van der Waals surface area contributed by atoms with E-state index in [0.29, 0.717) is 37.4 Å². The normalized spacial score (nSPS) is 13.9. The first-order valence-electron chi connectivity index (χ1n) is 10.0. The lowest BCUT2D eigenvalue weighted by Crippen LogP contribution is -2.42. The van der Waals surface area contributed by atoms with Crippen molar-refractivity contribution in [3.63, 3.8) is 0 Å². The molecule has 0 bridgehead atoms. The number of benzene rings is 2. The van der Waals surface area contributed by atoms with Crippen molar-refractivity contribution in [3.8, 4) is 11.5 Å². The first-order chi connectivity index (χ1) is 15.3. The number of anilines is 1. The number of esters is 1. The van der Waals surface area contributed by atoms with E-state index in [1.165, 1.54) is 19.2 Å². The van der Waals surface area contributed by atoms with Crippen molar-refractivity contribution in [2.75, 3.05) is 39.7 Å². The van der Waals surface area contributed by atoms with Gasteiger partial charge in [-0.15, -0.1) is 0 Å². The quantitative estimate of drug-likeness (QED) is 0.394. The van der Waals surface area contributed by atoms with Crippen LogP contribution in [0.25, 0.3) is 0 Å². The summed E-state index contributed by atoms with van der Waals surface area (Å²) in [6.45, 7) is 0.932. The van der Waals surface area contributed by atoms with Crippen molar-refractivity contribution in [1.29, 1.82) is 0 Å². The number of methoxy groups -OCH3 is 3. The third kappa shape index (κ3) is 5.26. The number of nitrogens with zero attached hydrogens (tertiary/aromatic N) is 2. The second-order valence-electron chi connectivity index (χ2n) is 7.33. The van der Waals surface area contributed by atoms with Gasteiger partial charge in [-0.1, -0.05) is 0 Å². The zero-order valence-electron chi connectivity index (χ0n) is 18.1. The number of hydrogen-bond donors (Lipinski definition) is 1. The number of ether oxygens (including phenoxy) is 3. The Balaban J connectivity index is 1.69. The summed E-state index contributed by atoms with van der Waals surface area (Å²) >= 11 is 0. The molecule has 10 nitrogen and oxygen atoms in total. The minimum atomic E-state index is -0.737. The summed E-state index contributed by atoms with van der Waals surface area (Å²) < 4.78 is 15.2. The molecule has 170 valence electrons. The van der Waals surface area contributed by atoms with Crippen LogP contribution in [0.4, 0.5) is 11.4 Å². The van der Waals surface area contributed by atoms with Gasteiger partial charge < -0.3 is 24.4 Å². The number of nitrogens with one attached hydrogen (secondary N) is 1. The van der Waals surface area contributed by atoms with Crippen molar-refractivity contribution in [1.82, 2.24) is 4.90 Å². The molecule has 1 amide bonds. The second kappa shape index (κ2) is 9.99. The van der Waals surface area contributed by atoms with E-state index < -0.39 is 10.9 Å². The molecule has 3 rings (SSSR count). The molecule has 1 N–H and O–H groups in total. The van der Waals surface area contributed by atoms with Crippen LogP contribution in [-0.2, 0) is 4.74 Å². The number of nitro groups is 1. The maximum atomic E-state index is 13.0. The number of carbonyl (C=O) groups excluding carboxylic acids is 2. The van der Waals surface area contributed by atoms with E-state index in [0.717, 1.165) is 11.8 Å². The minimum Gasteiger partial charge on any atom is -0.497 e. The van der Waals surface area contributed by atoms with Crippen molar-refractivity contribution in [2.24, 2.45) is 0 Å². The summed E-state index contributed by atoms with van der Waals surface area (Å²) in [6, 6.07) is 9.27. The van der Waals surface area contributed by atoms with Gasteiger partial charge in [0.05, 0.1) is 31.8 Å². The molecule has 1 saturated heterocycles. The van der Waals surface area contributed by atoms with Gasteiger partial charge in [0.25, 0.3) is 11.6 Å². The summed E-state index contributed by atoms with van der Waals surface area (Å²) in [5.74, 6) is 0.248. The largest absolute Gasteiger partial charge is 0.497 e. The highest BCUT2D eigenvalue weighted by Crippen LogP contribution is 2.28. The zero-order chi connectivity index (χ0) is 23.3. The lowest BCUT2D eigenvalue weighted by atomic mass is 10.0. The summed E-state index contributed by atoms with van der Waals surface area (Å²) in [4.78, 5) is 37.0. The number of carbonyl (C=O) groups is 2. The number of amides is 1. The molecule has 10 heteroatoms. The molecule has 32 heavy (non-hydrogen) atoms. The highest BCUT2D eigenvalue weighted by Gasteiger charge is 2.26. The van der Waals surface area contributed by atoms with Crippen LogP contribution in [-0.4, -0.2) is 62.2 Å². The van der Waals surface area contributed by atoms with E-state index >= 15 is 0 Å². The smallest absolute Gasteiger partial charge is 0.338 e. The van der Waals surface area contributed by atoms with E-state index in [9.17, 15) is 19.7 Å². The monoisotopic (exact) mass is 443 g/mol. The Morgan fingerprint density at radius 2 is 1.56 bits per heavy atom. The SMILES string of the molecule is COC(=O)c1cc(C(=O)N2CCC(Nc3cc(OC)cc(OC)c3)CC2)cc([N+](=O)[O-])c1. The van der Waals surface area contributed by atoms with Gasteiger partial charge in [-0.2, -0.15) is 0 Å². The Bertz CT molecular complexity index is 994. The molecule has 2 aromatic rings. The lowest BCUT2D eigenvalue weighted by Gasteiger charge is -2.33. The van der Waals surface area contributed by atoms with Gasteiger partial charge in [0, 0.05) is 60.7 Å². The predicted molar refractivity (Wildman–Crippen MR) is 117 cm³/mol. The Labute approximate surface area is 185 Å². The van der Waals surface area contributed by atoms with Crippen LogP contribution in [0.1, 0.15) is 33.6 Å². The molecule has 0 atom stereocenters. The first-order valence-corrected chi connectivity index (χ1v) is 10.0. The average molecular weight is 443 g/mol. The molecule has 0 radical (unpaired) electrons. The van der Waals surface area contributed by atoms with Crippen molar-refractivity contribution in [2.45, 2.75) is 18.9 Å².